The Labute approximate surface area is 110 Å². The highest BCUT2D eigenvalue weighted by Gasteiger charge is 2.36. The molecule has 0 atom stereocenters. The van der Waals surface area contributed by atoms with Gasteiger partial charge in [0.15, 0.2) is 0 Å². The summed E-state index contributed by atoms with van der Waals surface area (Å²) >= 11 is 1.80. The van der Waals surface area contributed by atoms with Crippen molar-refractivity contribution in [3.8, 4) is 0 Å². The van der Waals surface area contributed by atoms with Crippen LogP contribution in [0.3, 0.4) is 0 Å². The Morgan fingerprint density at radius 3 is 2.78 bits per heavy atom. The van der Waals surface area contributed by atoms with Gasteiger partial charge in [0.25, 0.3) is 5.91 Å². The summed E-state index contributed by atoms with van der Waals surface area (Å²) in [4.78, 5) is 12.0. The van der Waals surface area contributed by atoms with E-state index in [4.69, 9.17) is 5.73 Å². The molecule has 0 unspecified atom stereocenters. The van der Waals surface area contributed by atoms with Crippen molar-refractivity contribution in [3.63, 3.8) is 0 Å². The fourth-order valence-electron chi connectivity index (χ4n) is 2.10. The lowest BCUT2D eigenvalue weighted by Gasteiger charge is -2.40. The maximum Gasteiger partial charge on any atom is 0.253 e. The molecule has 3 nitrogen and oxygen atoms in total. The summed E-state index contributed by atoms with van der Waals surface area (Å²) in [5.74, 6) is -0.656. The summed E-state index contributed by atoms with van der Waals surface area (Å²) in [5, 5.41) is 2.89. The lowest BCUT2D eigenvalue weighted by atomic mass is 9.84. The Balaban J connectivity index is 1.99. The molecule has 1 aliphatic rings. The van der Waals surface area contributed by atoms with Gasteiger partial charge >= 0.3 is 0 Å². The number of thioether (sulfide) groups is 1. The molecule has 5 heteroatoms. The minimum Gasteiger partial charge on any atom is -0.398 e. The summed E-state index contributed by atoms with van der Waals surface area (Å²) in [6, 6.07) is 3.84. The van der Waals surface area contributed by atoms with Crippen LogP contribution in [0.1, 0.15) is 29.6 Å². The van der Waals surface area contributed by atoms with Gasteiger partial charge in [-0.05, 0) is 37.3 Å². The van der Waals surface area contributed by atoms with Crippen LogP contribution in [0.15, 0.2) is 18.2 Å². The first-order valence-electron chi connectivity index (χ1n) is 5.95. The number of hydrogen-bond acceptors (Lipinski definition) is 3. The molecule has 1 amide bonds. The molecule has 1 saturated carbocycles. The minimum atomic E-state index is -0.427. The predicted octanol–water partition coefficient (Wildman–Crippen LogP) is 2.42. The van der Waals surface area contributed by atoms with Crippen molar-refractivity contribution in [1.82, 2.24) is 5.32 Å². The maximum atomic E-state index is 12.9. The molecule has 3 N–H and O–H groups in total. The van der Waals surface area contributed by atoms with E-state index in [-0.39, 0.29) is 16.3 Å². The number of rotatable bonds is 4. The number of halogens is 1. The molecule has 1 aromatic carbocycles. The van der Waals surface area contributed by atoms with Crippen LogP contribution < -0.4 is 11.1 Å². The van der Waals surface area contributed by atoms with E-state index in [1.165, 1.54) is 24.6 Å². The third-order valence-corrected chi connectivity index (χ3v) is 4.95. The lowest BCUT2D eigenvalue weighted by molar-refractivity contribution is 0.0945. The SMILES string of the molecule is CSC1(CNC(=O)c2ccc(F)cc2N)CCC1. The highest BCUT2D eigenvalue weighted by molar-refractivity contribution is 8.00. The van der Waals surface area contributed by atoms with Gasteiger partial charge in [0.2, 0.25) is 0 Å². The van der Waals surface area contributed by atoms with Crippen molar-refractivity contribution in [1.29, 1.82) is 0 Å². The number of carbonyl (C=O) groups is 1. The normalized spacial score (nSPS) is 17.0. The quantitative estimate of drug-likeness (QED) is 0.825. The Morgan fingerprint density at radius 1 is 1.56 bits per heavy atom. The fourth-order valence-corrected chi connectivity index (χ4v) is 3.01. The van der Waals surface area contributed by atoms with Crippen LogP contribution in [0.5, 0.6) is 0 Å². The topological polar surface area (TPSA) is 55.1 Å². The van der Waals surface area contributed by atoms with Gasteiger partial charge in [-0.2, -0.15) is 11.8 Å². The smallest absolute Gasteiger partial charge is 0.253 e. The molecule has 1 fully saturated rings. The first-order valence-corrected chi connectivity index (χ1v) is 7.17. The van der Waals surface area contributed by atoms with Gasteiger partial charge in [-0.1, -0.05) is 6.42 Å². The van der Waals surface area contributed by atoms with E-state index >= 15 is 0 Å². The monoisotopic (exact) mass is 268 g/mol. The van der Waals surface area contributed by atoms with Crippen LogP contribution >= 0.6 is 11.8 Å². The zero-order valence-electron chi connectivity index (χ0n) is 10.3. The van der Waals surface area contributed by atoms with Crippen LogP contribution in [0, 0.1) is 5.82 Å². The largest absolute Gasteiger partial charge is 0.398 e. The number of carbonyl (C=O) groups excluding carboxylic acids is 1. The van der Waals surface area contributed by atoms with Gasteiger partial charge in [-0.15, -0.1) is 0 Å². The Bertz CT molecular complexity index is 455. The minimum absolute atomic E-state index is 0.180. The van der Waals surface area contributed by atoms with Gasteiger partial charge in [0.05, 0.1) is 5.56 Å². The summed E-state index contributed by atoms with van der Waals surface area (Å²) < 4.78 is 13.1. The first kappa shape index (κ1) is 13.2. The maximum absolute atomic E-state index is 12.9. The van der Waals surface area contributed by atoms with E-state index < -0.39 is 5.82 Å². The molecule has 1 aliphatic carbocycles. The van der Waals surface area contributed by atoms with E-state index in [1.807, 2.05) is 0 Å². The van der Waals surface area contributed by atoms with Crippen LogP contribution in [0.2, 0.25) is 0 Å². The van der Waals surface area contributed by atoms with Gasteiger partial charge < -0.3 is 11.1 Å². The van der Waals surface area contributed by atoms with E-state index in [9.17, 15) is 9.18 Å². The standard InChI is InChI=1S/C13H17FN2OS/c1-18-13(5-2-6-13)8-16-12(17)10-4-3-9(14)7-11(10)15/h3-4,7H,2,5-6,8,15H2,1H3,(H,16,17). The molecule has 0 saturated heterocycles. The molecule has 0 aliphatic heterocycles. The molecule has 0 bridgehead atoms. The third-order valence-electron chi connectivity index (χ3n) is 3.53. The van der Waals surface area contributed by atoms with Crippen molar-refractivity contribution in [2.45, 2.75) is 24.0 Å². The molecule has 18 heavy (non-hydrogen) atoms. The van der Waals surface area contributed by atoms with Crippen molar-refractivity contribution in [2.24, 2.45) is 0 Å². The van der Waals surface area contributed by atoms with Crippen molar-refractivity contribution < 1.29 is 9.18 Å². The predicted molar refractivity (Wildman–Crippen MR) is 73.2 cm³/mol. The first-order chi connectivity index (χ1) is 8.56. The van der Waals surface area contributed by atoms with Crippen LogP contribution in [0.25, 0.3) is 0 Å². The molecule has 0 heterocycles. The van der Waals surface area contributed by atoms with E-state index in [0.717, 1.165) is 12.8 Å². The Morgan fingerprint density at radius 2 is 2.28 bits per heavy atom. The number of hydrogen-bond donors (Lipinski definition) is 2. The van der Waals surface area contributed by atoms with Crippen LogP contribution in [-0.2, 0) is 0 Å². The van der Waals surface area contributed by atoms with Gasteiger partial charge in [-0.3, -0.25) is 4.79 Å². The van der Waals surface area contributed by atoms with Crippen LogP contribution in [0.4, 0.5) is 10.1 Å². The summed E-state index contributed by atoms with van der Waals surface area (Å²) in [6.45, 7) is 0.643. The molecular formula is C13H17FN2OS. The van der Waals surface area contributed by atoms with Crippen molar-refractivity contribution >= 4 is 23.4 Å². The zero-order valence-corrected chi connectivity index (χ0v) is 11.1. The number of benzene rings is 1. The summed E-state index contributed by atoms with van der Waals surface area (Å²) in [5.41, 5.74) is 6.15. The number of amides is 1. The second kappa shape index (κ2) is 5.18. The third kappa shape index (κ3) is 2.61. The fraction of sp³-hybridized carbons (Fsp3) is 0.462. The number of nitrogen functional groups attached to an aromatic ring is 1. The molecule has 0 radical (unpaired) electrons. The highest BCUT2D eigenvalue weighted by Crippen LogP contribution is 2.42. The Hall–Kier alpha value is -1.23. The molecule has 0 aromatic heterocycles. The summed E-state index contributed by atoms with van der Waals surface area (Å²) in [6.07, 6.45) is 5.55. The average Bonchev–Trinajstić information content (AvgIpc) is 2.27. The van der Waals surface area contributed by atoms with E-state index in [1.54, 1.807) is 11.8 Å². The van der Waals surface area contributed by atoms with Gasteiger partial charge in [0.1, 0.15) is 5.82 Å². The molecular weight excluding hydrogens is 251 g/mol. The van der Waals surface area contributed by atoms with Gasteiger partial charge in [-0.25, -0.2) is 4.39 Å². The average molecular weight is 268 g/mol. The van der Waals surface area contributed by atoms with E-state index in [0.29, 0.717) is 12.1 Å². The van der Waals surface area contributed by atoms with Crippen LogP contribution in [-0.4, -0.2) is 23.5 Å². The molecule has 2 rings (SSSR count). The second-order valence-electron chi connectivity index (χ2n) is 4.65. The Kier molecular flexibility index (Phi) is 3.80. The zero-order chi connectivity index (χ0) is 13.2. The van der Waals surface area contributed by atoms with Crippen molar-refractivity contribution in [2.75, 3.05) is 18.5 Å². The molecule has 0 spiro atoms. The van der Waals surface area contributed by atoms with E-state index in [2.05, 4.69) is 11.6 Å². The van der Waals surface area contributed by atoms with Crippen molar-refractivity contribution in [3.05, 3.63) is 29.6 Å². The highest BCUT2D eigenvalue weighted by atomic mass is 32.2. The lowest BCUT2D eigenvalue weighted by Crippen LogP contribution is -2.45. The molecule has 1 aromatic rings. The number of nitrogens with one attached hydrogen (secondary N) is 1. The number of nitrogens with two attached hydrogens (primary N) is 1. The second-order valence-corrected chi connectivity index (χ2v) is 5.93. The molecule has 98 valence electrons. The number of anilines is 1. The summed E-state index contributed by atoms with van der Waals surface area (Å²) in [7, 11) is 0. The van der Waals surface area contributed by atoms with Gasteiger partial charge in [0, 0.05) is 17.0 Å².